The Bertz CT molecular complexity index is 454. The Balaban J connectivity index is 2.34. The second-order valence-corrected chi connectivity index (χ2v) is 5.78. The Kier molecular flexibility index (Phi) is 7.24. The van der Waals surface area contributed by atoms with Crippen molar-refractivity contribution >= 4 is 17.2 Å². The molecule has 1 rings (SSSR count). The molecule has 0 fully saturated rings. The lowest BCUT2D eigenvalue weighted by Crippen LogP contribution is -2.22. The summed E-state index contributed by atoms with van der Waals surface area (Å²) >= 11 is 1.59. The Morgan fingerprint density at radius 3 is 3.00 bits per heavy atom. The zero-order valence-corrected chi connectivity index (χ0v) is 12.3. The molecule has 0 unspecified atom stereocenters. The van der Waals surface area contributed by atoms with Crippen LogP contribution in [0.4, 0.5) is 0 Å². The molecule has 0 spiro atoms. The molecular weight excluding hydrogens is 258 g/mol. The first-order valence-corrected chi connectivity index (χ1v) is 7.43. The van der Waals surface area contributed by atoms with Crippen molar-refractivity contribution in [2.75, 3.05) is 6.61 Å². The number of hydrogen-bond acceptors (Lipinski definition) is 3. The van der Waals surface area contributed by atoms with Crippen molar-refractivity contribution in [2.24, 2.45) is 5.92 Å². The number of carbonyl (C=O) groups excluding carboxylic acids is 1. The largest absolute Gasteiger partial charge is 0.395 e. The molecule has 4 heteroatoms. The first-order chi connectivity index (χ1) is 9.11. The van der Waals surface area contributed by atoms with Crippen molar-refractivity contribution in [3.05, 3.63) is 21.9 Å². The Morgan fingerprint density at radius 1 is 1.53 bits per heavy atom. The van der Waals surface area contributed by atoms with Gasteiger partial charge in [-0.2, -0.15) is 0 Å². The van der Waals surface area contributed by atoms with Crippen molar-refractivity contribution in [1.29, 1.82) is 0 Å². The van der Waals surface area contributed by atoms with Crippen LogP contribution in [-0.2, 0) is 11.3 Å². The van der Waals surface area contributed by atoms with Gasteiger partial charge in [-0.05, 0) is 18.4 Å². The van der Waals surface area contributed by atoms with E-state index >= 15 is 0 Å². The van der Waals surface area contributed by atoms with Crippen LogP contribution in [0.25, 0.3) is 0 Å². The molecule has 0 atom stereocenters. The lowest BCUT2D eigenvalue weighted by Gasteiger charge is -2.05. The zero-order chi connectivity index (χ0) is 14.1. The van der Waals surface area contributed by atoms with E-state index in [9.17, 15) is 4.79 Å². The van der Waals surface area contributed by atoms with Gasteiger partial charge in [0.2, 0.25) is 5.91 Å². The summed E-state index contributed by atoms with van der Waals surface area (Å²) in [6, 6.07) is 1.98. The van der Waals surface area contributed by atoms with Crippen LogP contribution in [0.2, 0.25) is 0 Å². The van der Waals surface area contributed by atoms with Crippen LogP contribution in [0.1, 0.15) is 43.6 Å². The quantitative estimate of drug-likeness (QED) is 0.786. The van der Waals surface area contributed by atoms with Crippen LogP contribution in [0.3, 0.4) is 0 Å². The van der Waals surface area contributed by atoms with Crippen LogP contribution in [-0.4, -0.2) is 17.6 Å². The van der Waals surface area contributed by atoms with E-state index in [-0.39, 0.29) is 12.5 Å². The van der Waals surface area contributed by atoms with Gasteiger partial charge in [-0.1, -0.05) is 25.7 Å². The molecule has 1 aromatic heterocycles. The minimum Gasteiger partial charge on any atom is -0.395 e. The van der Waals surface area contributed by atoms with Crippen molar-refractivity contribution in [3.63, 3.8) is 0 Å². The van der Waals surface area contributed by atoms with Crippen LogP contribution in [0, 0.1) is 17.8 Å². The number of rotatable bonds is 6. The lowest BCUT2D eigenvalue weighted by atomic mass is 10.1. The van der Waals surface area contributed by atoms with Crippen LogP contribution < -0.4 is 5.32 Å². The van der Waals surface area contributed by atoms with Gasteiger partial charge in [-0.3, -0.25) is 4.79 Å². The second kappa shape index (κ2) is 8.73. The highest BCUT2D eigenvalue weighted by atomic mass is 32.1. The smallest absolute Gasteiger partial charge is 0.220 e. The summed E-state index contributed by atoms with van der Waals surface area (Å²) in [5.41, 5.74) is 0.949. The molecule has 1 aromatic rings. The van der Waals surface area contributed by atoms with Crippen molar-refractivity contribution < 1.29 is 9.90 Å². The molecule has 0 radical (unpaired) electrons. The van der Waals surface area contributed by atoms with E-state index in [1.165, 1.54) is 0 Å². The molecule has 104 valence electrons. The SMILES string of the molecule is CC(C)CCC(=O)NCc1cc(C#CCCO)cs1. The van der Waals surface area contributed by atoms with Crippen molar-refractivity contribution in [3.8, 4) is 11.8 Å². The van der Waals surface area contributed by atoms with E-state index in [4.69, 9.17) is 5.11 Å². The first-order valence-electron chi connectivity index (χ1n) is 6.55. The van der Waals surface area contributed by atoms with Gasteiger partial charge in [0.1, 0.15) is 0 Å². The summed E-state index contributed by atoms with van der Waals surface area (Å²) in [4.78, 5) is 12.7. The third kappa shape index (κ3) is 7.00. The molecule has 1 heterocycles. The average molecular weight is 279 g/mol. The van der Waals surface area contributed by atoms with Gasteiger partial charge in [-0.15, -0.1) is 11.3 Å². The van der Waals surface area contributed by atoms with Crippen molar-refractivity contribution in [1.82, 2.24) is 5.32 Å². The highest BCUT2D eigenvalue weighted by Crippen LogP contribution is 2.13. The predicted molar refractivity (Wildman–Crippen MR) is 78.8 cm³/mol. The maximum Gasteiger partial charge on any atom is 0.220 e. The Morgan fingerprint density at radius 2 is 2.32 bits per heavy atom. The lowest BCUT2D eigenvalue weighted by molar-refractivity contribution is -0.121. The summed E-state index contributed by atoms with van der Waals surface area (Å²) in [6.45, 7) is 4.90. The number of thiophene rings is 1. The molecule has 1 amide bonds. The molecule has 0 aliphatic carbocycles. The summed E-state index contributed by atoms with van der Waals surface area (Å²) in [6.07, 6.45) is 2.01. The Labute approximate surface area is 119 Å². The fourth-order valence-corrected chi connectivity index (χ4v) is 2.21. The van der Waals surface area contributed by atoms with E-state index in [0.717, 1.165) is 16.9 Å². The van der Waals surface area contributed by atoms with E-state index in [0.29, 0.717) is 25.3 Å². The second-order valence-electron chi connectivity index (χ2n) is 4.79. The number of amides is 1. The Hall–Kier alpha value is -1.31. The van der Waals surface area contributed by atoms with Gasteiger partial charge >= 0.3 is 0 Å². The van der Waals surface area contributed by atoms with E-state index < -0.39 is 0 Å². The maximum absolute atomic E-state index is 11.6. The third-order valence-corrected chi connectivity index (χ3v) is 3.47. The molecule has 0 saturated heterocycles. The predicted octanol–water partition coefficient (Wildman–Crippen LogP) is 2.53. The number of nitrogens with one attached hydrogen (secondary N) is 1. The van der Waals surface area contributed by atoms with Crippen molar-refractivity contribution in [2.45, 2.75) is 39.7 Å². The maximum atomic E-state index is 11.6. The highest BCUT2D eigenvalue weighted by molar-refractivity contribution is 7.10. The van der Waals surface area contributed by atoms with Gasteiger partial charge in [0.05, 0.1) is 13.2 Å². The zero-order valence-electron chi connectivity index (χ0n) is 11.5. The summed E-state index contributed by atoms with van der Waals surface area (Å²) in [5.74, 6) is 6.53. The average Bonchev–Trinajstić information content (AvgIpc) is 2.82. The minimum absolute atomic E-state index is 0.0932. The van der Waals surface area contributed by atoms with Gasteiger partial charge < -0.3 is 10.4 Å². The highest BCUT2D eigenvalue weighted by Gasteiger charge is 2.04. The summed E-state index contributed by atoms with van der Waals surface area (Å²) in [7, 11) is 0. The van der Waals surface area contributed by atoms with E-state index in [1.807, 2.05) is 11.4 Å². The molecule has 2 N–H and O–H groups in total. The number of hydrogen-bond donors (Lipinski definition) is 2. The normalized spacial score (nSPS) is 10.1. The van der Waals surface area contributed by atoms with Crippen LogP contribution in [0.5, 0.6) is 0 Å². The van der Waals surface area contributed by atoms with E-state index in [1.54, 1.807) is 11.3 Å². The standard InChI is InChI=1S/C15H21NO2S/c1-12(2)6-7-15(18)16-10-14-9-13(11-19-14)5-3-4-8-17/h9,11-12,17H,4,6-8,10H2,1-2H3,(H,16,18). The molecule has 0 aliphatic rings. The molecule has 3 nitrogen and oxygen atoms in total. The third-order valence-electron chi connectivity index (χ3n) is 2.53. The molecule has 0 saturated carbocycles. The van der Waals surface area contributed by atoms with Gasteiger partial charge in [0.25, 0.3) is 0 Å². The van der Waals surface area contributed by atoms with Gasteiger partial charge in [-0.25, -0.2) is 0 Å². The van der Waals surface area contributed by atoms with E-state index in [2.05, 4.69) is 31.0 Å². The fraction of sp³-hybridized carbons (Fsp3) is 0.533. The van der Waals surface area contributed by atoms with Gasteiger partial charge in [0.15, 0.2) is 0 Å². The molecule has 0 bridgehead atoms. The van der Waals surface area contributed by atoms with Crippen LogP contribution >= 0.6 is 11.3 Å². The topological polar surface area (TPSA) is 49.3 Å². The first kappa shape index (κ1) is 15.7. The molecule has 0 aliphatic heterocycles. The summed E-state index contributed by atoms with van der Waals surface area (Å²) < 4.78 is 0. The fourth-order valence-electron chi connectivity index (χ4n) is 1.45. The minimum atomic E-state index is 0.0932. The monoisotopic (exact) mass is 279 g/mol. The molecule has 0 aromatic carbocycles. The number of aliphatic hydroxyl groups excluding tert-OH is 1. The number of aliphatic hydroxyl groups is 1. The molecule has 19 heavy (non-hydrogen) atoms. The van der Waals surface area contributed by atoms with Crippen LogP contribution in [0.15, 0.2) is 11.4 Å². The number of carbonyl (C=O) groups is 1. The summed E-state index contributed by atoms with van der Waals surface area (Å²) in [5, 5.41) is 13.5. The molecular formula is C15H21NO2S. The van der Waals surface area contributed by atoms with Gasteiger partial charge in [0, 0.05) is 28.7 Å².